The number of nitrogens with one attached hydrogen (secondary N) is 2. The molecule has 3 rings (SSSR count). The van der Waals surface area contributed by atoms with Crippen LogP contribution in [0, 0.1) is 5.92 Å². The van der Waals surface area contributed by atoms with Crippen molar-refractivity contribution in [2.75, 3.05) is 25.0 Å². The minimum Gasteiger partial charge on any atom is -0.423 e. The summed E-state index contributed by atoms with van der Waals surface area (Å²) in [4.78, 5) is 0. The maximum absolute atomic E-state index is 5.21. The van der Waals surface area contributed by atoms with Gasteiger partial charge in [0.15, 0.2) is 0 Å². The zero-order valence-electron chi connectivity index (χ0n) is 10.8. The molecule has 1 unspecified atom stereocenters. The van der Waals surface area contributed by atoms with Crippen LogP contribution in [0.4, 0.5) is 5.69 Å². The van der Waals surface area contributed by atoms with Crippen molar-refractivity contribution < 1.29 is 4.42 Å². The third kappa shape index (κ3) is 3.12. The second-order valence-corrected chi connectivity index (χ2v) is 4.92. The second kappa shape index (κ2) is 5.84. The highest BCUT2D eigenvalue weighted by Crippen LogP contribution is 2.21. The van der Waals surface area contributed by atoms with E-state index in [1.54, 1.807) is 0 Å². The molecule has 1 saturated heterocycles. The Morgan fingerprint density at radius 3 is 3.21 bits per heavy atom. The summed E-state index contributed by atoms with van der Waals surface area (Å²) in [7, 11) is 0. The molecule has 2 N–H and O–H groups in total. The number of benzene rings is 1. The van der Waals surface area contributed by atoms with Gasteiger partial charge in [0.05, 0.1) is 0 Å². The highest BCUT2D eigenvalue weighted by molar-refractivity contribution is 5.60. The Balaban J connectivity index is 1.63. The lowest BCUT2D eigenvalue weighted by Gasteiger charge is -2.23. The van der Waals surface area contributed by atoms with Gasteiger partial charge in [-0.05, 0) is 50.0 Å². The van der Waals surface area contributed by atoms with Crippen LogP contribution in [0.25, 0.3) is 11.5 Å². The summed E-state index contributed by atoms with van der Waals surface area (Å²) in [5, 5.41) is 14.5. The Morgan fingerprint density at radius 1 is 1.42 bits per heavy atom. The number of hydrogen-bond donors (Lipinski definition) is 2. The lowest BCUT2D eigenvalue weighted by atomic mass is 9.99. The molecule has 100 valence electrons. The van der Waals surface area contributed by atoms with Crippen molar-refractivity contribution in [2.45, 2.75) is 12.8 Å². The van der Waals surface area contributed by atoms with Gasteiger partial charge in [-0.3, -0.25) is 0 Å². The Labute approximate surface area is 112 Å². The van der Waals surface area contributed by atoms with Crippen molar-refractivity contribution in [3.8, 4) is 11.5 Å². The van der Waals surface area contributed by atoms with Crippen molar-refractivity contribution in [3.05, 3.63) is 30.7 Å². The molecule has 1 aromatic heterocycles. The predicted molar refractivity (Wildman–Crippen MR) is 73.8 cm³/mol. The molecule has 1 aromatic carbocycles. The van der Waals surface area contributed by atoms with Gasteiger partial charge in [-0.15, -0.1) is 10.2 Å². The summed E-state index contributed by atoms with van der Waals surface area (Å²) < 4.78 is 5.21. The third-order valence-electron chi connectivity index (χ3n) is 3.46. The van der Waals surface area contributed by atoms with Gasteiger partial charge in [0.25, 0.3) is 0 Å². The van der Waals surface area contributed by atoms with E-state index < -0.39 is 0 Å². The second-order valence-electron chi connectivity index (χ2n) is 4.92. The number of piperidine rings is 1. The topological polar surface area (TPSA) is 63.0 Å². The Bertz CT molecular complexity index is 506. The summed E-state index contributed by atoms with van der Waals surface area (Å²) in [6.07, 6.45) is 3.92. The molecule has 0 aliphatic carbocycles. The first-order chi connectivity index (χ1) is 9.42. The van der Waals surface area contributed by atoms with Crippen LogP contribution < -0.4 is 10.6 Å². The number of aromatic nitrogens is 2. The van der Waals surface area contributed by atoms with Crippen molar-refractivity contribution in [1.82, 2.24) is 15.5 Å². The van der Waals surface area contributed by atoms with E-state index in [1.807, 2.05) is 18.2 Å². The highest BCUT2D eigenvalue weighted by atomic mass is 16.4. The molecule has 0 radical (unpaired) electrons. The molecule has 5 heteroatoms. The first-order valence-corrected chi connectivity index (χ1v) is 6.73. The lowest BCUT2D eigenvalue weighted by Crippen LogP contribution is -2.33. The summed E-state index contributed by atoms with van der Waals surface area (Å²) >= 11 is 0. The fourth-order valence-corrected chi connectivity index (χ4v) is 2.42. The molecule has 1 fully saturated rings. The molecular weight excluding hydrogens is 240 g/mol. The predicted octanol–water partition coefficient (Wildman–Crippen LogP) is 2.15. The van der Waals surface area contributed by atoms with E-state index in [0.29, 0.717) is 11.8 Å². The van der Waals surface area contributed by atoms with E-state index in [9.17, 15) is 0 Å². The van der Waals surface area contributed by atoms with Crippen LogP contribution >= 0.6 is 0 Å². The SMILES string of the molecule is c1cc(NCC2CCCNC2)cc(-c2nnco2)c1. The van der Waals surface area contributed by atoms with Crippen LogP contribution in [0.15, 0.2) is 35.1 Å². The van der Waals surface area contributed by atoms with Gasteiger partial charge < -0.3 is 15.1 Å². The average Bonchev–Trinajstić information content (AvgIpc) is 3.01. The Hall–Kier alpha value is -1.88. The maximum atomic E-state index is 5.21. The Kier molecular flexibility index (Phi) is 3.74. The largest absolute Gasteiger partial charge is 0.423 e. The maximum Gasteiger partial charge on any atom is 0.247 e. The number of nitrogens with zero attached hydrogens (tertiary/aromatic N) is 2. The van der Waals surface area contributed by atoms with Crippen LogP contribution in [0.1, 0.15) is 12.8 Å². The smallest absolute Gasteiger partial charge is 0.247 e. The molecule has 5 nitrogen and oxygen atoms in total. The molecule has 1 atom stereocenters. The highest BCUT2D eigenvalue weighted by Gasteiger charge is 2.12. The summed E-state index contributed by atoms with van der Waals surface area (Å²) in [6, 6.07) is 8.09. The Morgan fingerprint density at radius 2 is 2.42 bits per heavy atom. The van der Waals surface area contributed by atoms with E-state index in [-0.39, 0.29) is 0 Å². The molecule has 0 spiro atoms. The average molecular weight is 258 g/mol. The summed E-state index contributed by atoms with van der Waals surface area (Å²) in [5.74, 6) is 1.27. The molecular formula is C14H18N4O. The van der Waals surface area contributed by atoms with Gasteiger partial charge in [-0.2, -0.15) is 0 Å². The lowest BCUT2D eigenvalue weighted by molar-refractivity contribution is 0.393. The summed E-state index contributed by atoms with van der Waals surface area (Å²) in [5.41, 5.74) is 2.05. The normalized spacial score (nSPS) is 19.3. The van der Waals surface area contributed by atoms with Gasteiger partial charge in [0.1, 0.15) is 0 Å². The van der Waals surface area contributed by atoms with Crippen molar-refractivity contribution in [3.63, 3.8) is 0 Å². The molecule has 0 saturated carbocycles. The van der Waals surface area contributed by atoms with E-state index in [0.717, 1.165) is 30.9 Å². The van der Waals surface area contributed by atoms with E-state index in [1.165, 1.54) is 19.2 Å². The first kappa shape index (κ1) is 12.2. The number of hydrogen-bond acceptors (Lipinski definition) is 5. The van der Waals surface area contributed by atoms with E-state index in [2.05, 4.69) is 26.9 Å². The zero-order valence-corrected chi connectivity index (χ0v) is 10.8. The molecule has 1 aliphatic heterocycles. The van der Waals surface area contributed by atoms with Gasteiger partial charge in [0.2, 0.25) is 12.3 Å². The van der Waals surface area contributed by atoms with E-state index >= 15 is 0 Å². The van der Waals surface area contributed by atoms with Crippen molar-refractivity contribution in [2.24, 2.45) is 5.92 Å². The molecule has 0 bridgehead atoms. The third-order valence-corrected chi connectivity index (χ3v) is 3.46. The number of rotatable bonds is 4. The van der Waals surface area contributed by atoms with Gasteiger partial charge in [-0.1, -0.05) is 6.07 Å². The van der Waals surface area contributed by atoms with Crippen molar-refractivity contribution in [1.29, 1.82) is 0 Å². The zero-order chi connectivity index (χ0) is 12.9. The molecule has 1 aliphatic rings. The van der Waals surface area contributed by atoms with Gasteiger partial charge in [-0.25, -0.2) is 0 Å². The summed E-state index contributed by atoms with van der Waals surface area (Å²) in [6.45, 7) is 3.26. The van der Waals surface area contributed by atoms with Crippen LogP contribution in [-0.2, 0) is 0 Å². The first-order valence-electron chi connectivity index (χ1n) is 6.73. The van der Waals surface area contributed by atoms with Crippen molar-refractivity contribution >= 4 is 5.69 Å². The van der Waals surface area contributed by atoms with Gasteiger partial charge in [0, 0.05) is 17.8 Å². The fraction of sp³-hybridized carbons (Fsp3) is 0.429. The molecule has 2 heterocycles. The van der Waals surface area contributed by atoms with Crippen LogP contribution in [-0.4, -0.2) is 29.8 Å². The standard InChI is InChI=1S/C14H18N4O/c1-4-12(14-18-17-10-19-14)7-13(5-1)16-9-11-3-2-6-15-8-11/h1,4-5,7,10-11,15-16H,2-3,6,8-9H2. The number of anilines is 1. The van der Waals surface area contributed by atoms with Crippen LogP contribution in [0.2, 0.25) is 0 Å². The minimum atomic E-state index is 0.558. The van der Waals surface area contributed by atoms with E-state index in [4.69, 9.17) is 4.42 Å². The molecule has 2 aromatic rings. The fourth-order valence-electron chi connectivity index (χ4n) is 2.42. The van der Waals surface area contributed by atoms with Gasteiger partial charge >= 0.3 is 0 Å². The quantitative estimate of drug-likeness (QED) is 0.879. The molecule has 19 heavy (non-hydrogen) atoms. The van der Waals surface area contributed by atoms with Crippen LogP contribution in [0.5, 0.6) is 0 Å². The monoisotopic (exact) mass is 258 g/mol. The van der Waals surface area contributed by atoms with Crippen LogP contribution in [0.3, 0.4) is 0 Å². The minimum absolute atomic E-state index is 0.558. The molecule has 0 amide bonds.